The van der Waals surface area contributed by atoms with Crippen LogP contribution in [0.15, 0.2) is 66.7 Å². The van der Waals surface area contributed by atoms with Crippen LogP contribution in [0, 0.1) is 5.92 Å². The SMILES string of the molecule is OC[C@H]1Cc2ccccc2[C@H]1c1ccc2ccccc2c1. The van der Waals surface area contributed by atoms with Crippen LogP contribution in [-0.2, 0) is 6.42 Å². The number of hydrogen-bond donors (Lipinski definition) is 1. The van der Waals surface area contributed by atoms with Gasteiger partial charge in [0.2, 0.25) is 0 Å². The van der Waals surface area contributed by atoms with Crippen molar-refractivity contribution in [3.8, 4) is 0 Å². The van der Waals surface area contributed by atoms with E-state index in [1.165, 1.54) is 27.5 Å². The summed E-state index contributed by atoms with van der Waals surface area (Å²) in [5.41, 5.74) is 4.08. The van der Waals surface area contributed by atoms with E-state index in [-0.39, 0.29) is 6.61 Å². The molecule has 0 heterocycles. The fraction of sp³-hybridized carbons (Fsp3) is 0.200. The summed E-state index contributed by atoms with van der Waals surface area (Å²) in [6.07, 6.45) is 0.976. The van der Waals surface area contributed by atoms with Crippen molar-refractivity contribution in [1.29, 1.82) is 0 Å². The molecule has 0 saturated carbocycles. The first-order valence-corrected chi connectivity index (χ1v) is 7.54. The normalized spacial score (nSPS) is 20.6. The van der Waals surface area contributed by atoms with Crippen LogP contribution in [0.4, 0.5) is 0 Å². The second kappa shape index (κ2) is 5.01. The van der Waals surface area contributed by atoms with E-state index in [0.717, 1.165) is 6.42 Å². The van der Waals surface area contributed by atoms with Crippen LogP contribution in [0.2, 0.25) is 0 Å². The lowest BCUT2D eigenvalue weighted by Crippen LogP contribution is -2.13. The third kappa shape index (κ3) is 2.05. The molecule has 4 rings (SSSR count). The van der Waals surface area contributed by atoms with Gasteiger partial charge < -0.3 is 5.11 Å². The molecule has 0 aliphatic heterocycles. The first-order chi connectivity index (χ1) is 10.4. The Hall–Kier alpha value is -2.12. The third-order valence-electron chi connectivity index (χ3n) is 4.71. The molecule has 21 heavy (non-hydrogen) atoms. The Morgan fingerprint density at radius 3 is 2.48 bits per heavy atom. The first-order valence-electron chi connectivity index (χ1n) is 7.54. The van der Waals surface area contributed by atoms with Crippen molar-refractivity contribution < 1.29 is 5.11 Å². The van der Waals surface area contributed by atoms with Gasteiger partial charge in [-0.25, -0.2) is 0 Å². The monoisotopic (exact) mass is 274 g/mol. The summed E-state index contributed by atoms with van der Waals surface area (Å²) in [4.78, 5) is 0. The highest BCUT2D eigenvalue weighted by Crippen LogP contribution is 2.42. The summed E-state index contributed by atoms with van der Waals surface area (Å²) < 4.78 is 0. The molecule has 3 aromatic carbocycles. The van der Waals surface area contributed by atoms with Crippen LogP contribution >= 0.6 is 0 Å². The fourth-order valence-corrected chi connectivity index (χ4v) is 3.70. The van der Waals surface area contributed by atoms with Crippen molar-refractivity contribution in [1.82, 2.24) is 0 Å². The van der Waals surface area contributed by atoms with Gasteiger partial charge in [0.25, 0.3) is 0 Å². The smallest absolute Gasteiger partial charge is 0.0471 e. The molecule has 1 nitrogen and oxygen atoms in total. The molecule has 0 unspecified atom stereocenters. The number of fused-ring (bicyclic) bond motifs is 2. The largest absolute Gasteiger partial charge is 0.396 e. The zero-order valence-corrected chi connectivity index (χ0v) is 11.9. The van der Waals surface area contributed by atoms with Gasteiger partial charge in [-0.05, 0) is 39.8 Å². The zero-order valence-electron chi connectivity index (χ0n) is 11.9. The Morgan fingerprint density at radius 2 is 1.62 bits per heavy atom. The number of hydrogen-bond acceptors (Lipinski definition) is 1. The highest BCUT2D eigenvalue weighted by Gasteiger charge is 2.32. The summed E-state index contributed by atoms with van der Waals surface area (Å²) in [6.45, 7) is 0.242. The Bertz CT molecular complexity index is 790. The topological polar surface area (TPSA) is 20.2 Å². The van der Waals surface area contributed by atoms with E-state index in [4.69, 9.17) is 0 Å². The zero-order chi connectivity index (χ0) is 14.2. The highest BCUT2D eigenvalue weighted by atomic mass is 16.3. The summed E-state index contributed by atoms with van der Waals surface area (Å²) in [5, 5.41) is 12.3. The lowest BCUT2D eigenvalue weighted by Gasteiger charge is -2.19. The van der Waals surface area contributed by atoms with E-state index < -0.39 is 0 Å². The van der Waals surface area contributed by atoms with E-state index in [1.807, 2.05) is 0 Å². The summed E-state index contributed by atoms with van der Waals surface area (Å²) in [5.74, 6) is 0.611. The summed E-state index contributed by atoms with van der Waals surface area (Å²) >= 11 is 0. The minimum Gasteiger partial charge on any atom is -0.396 e. The third-order valence-corrected chi connectivity index (χ3v) is 4.71. The first kappa shape index (κ1) is 12.6. The molecule has 0 spiro atoms. The van der Waals surface area contributed by atoms with E-state index in [1.54, 1.807) is 0 Å². The van der Waals surface area contributed by atoms with Crippen molar-refractivity contribution in [2.75, 3.05) is 6.61 Å². The van der Waals surface area contributed by atoms with Crippen LogP contribution in [0.1, 0.15) is 22.6 Å². The Kier molecular flexibility index (Phi) is 3.01. The van der Waals surface area contributed by atoms with Crippen molar-refractivity contribution in [3.05, 3.63) is 83.4 Å². The minimum atomic E-state index is 0.242. The van der Waals surface area contributed by atoms with Crippen molar-refractivity contribution in [2.24, 2.45) is 5.92 Å². The van der Waals surface area contributed by atoms with Gasteiger partial charge in [-0.1, -0.05) is 66.7 Å². The second-order valence-corrected chi connectivity index (χ2v) is 5.93. The van der Waals surface area contributed by atoms with E-state index in [0.29, 0.717) is 11.8 Å². The van der Waals surface area contributed by atoms with Gasteiger partial charge in [0.15, 0.2) is 0 Å². The number of aliphatic hydroxyl groups excluding tert-OH is 1. The molecule has 1 N–H and O–H groups in total. The van der Waals surface area contributed by atoms with Crippen molar-refractivity contribution in [2.45, 2.75) is 12.3 Å². The molecule has 104 valence electrons. The molecule has 2 atom stereocenters. The van der Waals surface area contributed by atoms with Crippen molar-refractivity contribution in [3.63, 3.8) is 0 Å². The predicted octanol–water partition coefficient (Wildman–Crippen LogP) is 4.14. The van der Waals surface area contributed by atoms with Gasteiger partial charge in [-0.3, -0.25) is 0 Å². The second-order valence-electron chi connectivity index (χ2n) is 5.93. The van der Waals surface area contributed by atoms with E-state index in [9.17, 15) is 5.11 Å². The molecule has 1 aliphatic carbocycles. The molecule has 0 amide bonds. The summed E-state index contributed by atoms with van der Waals surface area (Å²) in [7, 11) is 0. The van der Waals surface area contributed by atoms with Gasteiger partial charge in [0.1, 0.15) is 0 Å². The average Bonchev–Trinajstić information content (AvgIpc) is 2.93. The quantitative estimate of drug-likeness (QED) is 0.744. The van der Waals surface area contributed by atoms with Crippen LogP contribution in [0.5, 0.6) is 0 Å². The van der Waals surface area contributed by atoms with Gasteiger partial charge in [-0.15, -0.1) is 0 Å². The molecule has 0 saturated heterocycles. The molecule has 0 fully saturated rings. The lowest BCUT2D eigenvalue weighted by atomic mass is 9.85. The van der Waals surface area contributed by atoms with Crippen LogP contribution in [0.3, 0.4) is 0 Å². The van der Waals surface area contributed by atoms with E-state index in [2.05, 4.69) is 66.7 Å². The molecular weight excluding hydrogens is 256 g/mol. The maximum absolute atomic E-state index is 9.78. The average molecular weight is 274 g/mol. The van der Waals surface area contributed by atoms with Gasteiger partial charge in [0, 0.05) is 12.5 Å². The Balaban J connectivity index is 1.86. The summed E-state index contributed by atoms with van der Waals surface area (Å²) in [6, 6.07) is 23.8. The number of aliphatic hydroxyl groups is 1. The fourth-order valence-electron chi connectivity index (χ4n) is 3.70. The molecule has 1 aliphatic rings. The van der Waals surface area contributed by atoms with E-state index >= 15 is 0 Å². The van der Waals surface area contributed by atoms with Crippen LogP contribution < -0.4 is 0 Å². The number of rotatable bonds is 2. The maximum Gasteiger partial charge on any atom is 0.0471 e. The Labute approximate surface area is 124 Å². The van der Waals surface area contributed by atoms with Crippen molar-refractivity contribution >= 4 is 10.8 Å². The van der Waals surface area contributed by atoms with Gasteiger partial charge in [-0.2, -0.15) is 0 Å². The highest BCUT2D eigenvalue weighted by molar-refractivity contribution is 5.83. The lowest BCUT2D eigenvalue weighted by molar-refractivity contribution is 0.221. The van der Waals surface area contributed by atoms with Gasteiger partial charge in [0.05, 0.1) is 0 Å². The van der Waals surface area contributed by atoms with Crippen LogP contribution in [0.25, 0.3) is 10.8 Å². The standard InChI is InChI=1S/C20H18O/c21-13-18-12-16-7-3-4-8-19(16)20(18)17-10-9-14-5-1-2-6-15(14)11-17/h1-11,18,20-21H,12-13H2/t18-,20+/m1/s1. The molecule has 0 aromatic heterocycles. The van der Waals surface area contributed by atoms with Crippen LogP contribution in [-0.4, -0.2) is 11.7 Å². The number of benzene rings is 3. The maximum atomic E-state index is 9.78. The molecule has 0 radical (unpaired) electrons. The molecule has 0 bridgehead atoms. The van der Waals surface area contributed by atoms with Gasteiger partial charge >= 0.3 is 0 Å². The molecular formula is C20H18O. The molecule has 1 heteroatoms. The minimum absolute atomic E-state index is 0.242. The Morgan fingerprint density at radius 1 is 0.857 bits per heavy atom. The predicted molar refractivity (Wildman–Crippen MR) is 86.5 cm³/mol. The molecule has 3 aromatic rings.